The molecule has 0 amide bonds. The van der Waals surface area contributed by atoms with Gasteiger partial charge in [0.2, 0.25) is 0 Å². The molecule has 1 aliphatic heterocycles. The fourth-order valence-electron chi connectivity index (χ4n) is 2.73. The highest BCUT2D eigenvalue weighted by atomic mass is 16.7. The molecule has 0 aliphatic carbocycles. The summed E-state index contributed by atoms with van der Waals surface area (Å²) in [5, 5.41) is 11.9. The van der Waals surface area contributed by atoms with Crippen LogP contribution in [0.25, 0.3) is 0 Å². The molecular formula is C19H27NO5. The molecule has 1 saturated heterocycles. The van der Waals surface area contributed by atoms with Gasteiger partial charge in [0.1, 0.15) is 12.7 Å². The number of hydroxylamine groups is 2. The number of hydrogen-bond acceptors (Lipinski definition) is 6. The Kier molecular flexibility index (Phi) is 7.13. The Morgan fingerprint density at radius 1 is 1.40 bits per heavy atom. The Labute approximate surface area is 148 Å². The zero-order chi connectivity index (χ0) is 18.3. The first-order valence-electron chi connectivity index (χ1n) is 8.47. The van der Waals surface area contributed by atoms with Crippen molar-refractivity contribution >= 4 is 5.97 Å². The molecule has 25 heavy (non-hydrogen) atoms. The third-order valence-electron chi connectivity index (χ3n) is 3.96. The molecule has 1 heterocycles. The van der Waals surface area contributed by atoms with Crippen molar-refractivity contribution in [2.24, 2.45) is 0 Å². The van der Waals surface area contributed by atoms with Crippen molar-refractivity contribution in [1.82, 2.24) is 5.06 Å². The van der Waals surface area contributed by atoms with Crippen LogP contribution in [-0.4, -0.2) is 47.4 Å². The fourth-order valence-corrected chi connectivity index (χ4v) is 2.73. The molecule has 2 atom stereocenters. The summed E-state index contributed by atoms with van der Waals surface area (Å²) < 4.78 is 16.4. The first kappa shape index (κ1) is 19.6. The molecule has 0 aromatic heterocycles. The highest BCUT2D eigenvalue weighted by Gasteiger charge is 2.39. The molecular weight excluding hydrogens is 322 g/mol. The number of benzene rings is 1. The molecule has 6 heteroatoms. The Hall–Kier alpha value is -1.73. The Bertz CT molecular complexity index is 572. The maximum Gasteiger partial charge on any atom is 0.302 e. The van der Waals surface area contributed by atoms with E-state index in [1.807, 2.05) is 50.3 Å². The van der Waals surface area contributed by atoms with Crippen LogP contribution < -0.4 is 0 Å². The molecule has 0 spiro atoms. The first-order chi connectivity index (χ1) is 11.9. The van der Waals surface area contributed by atoms with Gasteiger partial charge in [0.25, 0.3) is 0 Å². The van der Waals surface area contributed by atoms with Crippen molar-refractivity contribution in [2.75, 3.05) is 13.2 Å². The van der Waals surface area contributed by atoms with Gasteiger partial charge in [-0.1, -0.05) is 42.5 Å². The third kappa shape index (κ3) is 6.59. The van der Waals surface area contributed by atoms with Crippen LogP contribution in [0, 0.1) is 0 Å². The third-order valence-corrected chi connectivity index (χ3v) is 3.96. The summed E-state index contributed by atoms with van der Waals surface area (Å²) >= 11 is 0. The lowest BCUT2D eigenvalue weighted by Crippen LogP contribution is -2.43. The molecule has 0 radical (unpaired) electrons. The molecule has 138 valence electrons. The summed E-state index contributed by atoms with van der Waals surface area (Å²) in [7, 11) is 0. The van der Waals surface area contributed by atoms with Gasteiger partial charge in [0.15, 0.2) is 5.79 Å². The number of ether oxygens (including phenoxy) is 3. The van der Waals surface area contributed by atoms with E-state index in [4.69, 9.17) is 14.2 Å². The van der Waals surface area contributed by atoms with E-state index in [1.54, 1.807) is 6.08 Å². The highest BCUT2D eigenvalue weighted by molar-refractivity contribution is 5.65. The molecule has 2 rings (SSSR count). The van der Waals surface area contributed by atoms with E-state index in [0.717, 1.165) is 5.56 Å². The Morgan fingerprint density at radius 3 is 2.72 bits per heavy atom. The second-order valence-corrected chi connectivity index (χ2v) is 6.53. The first-order valence-corrected chi connectivity index (χ1v) is 8.47. The Morgan fingerprint density at radius 2 is 2.12 bits per heavy atom. The van der Waals surface area contributed by atoms with Gasteiger partial charge >= 0.3 is 5.97 Å². The number of esters is 1. The molecule has 1 aromatic rings. The number of nitrogens with zero attached hydrogens (tertiary/aromatic N) is 1. The maximum absolute atomic E-state index is 10.8. The molecule has 0 bridgehead atoms. The molecule has 0 saturated carbocycles. The van der Waals surface area contributed by atoms with E-state index in [2.05, 4.69) is 0 Å². The Balaban J connectivity index is 1.99. The van der Waals surface area contributed by atoms with Crippen LogP contribution in [0.4, 0.5) is 0 Å². The number of rotatable bonds is 8. The van der Waals surface area contributed by atoms with E-state index in [-0.39, 0.29) is 24.7 Å². The van der Waals surface area contributed by atoms with Gasteiger partial charge < -0.3 is 19.4 Å². The quantitative estimate of drug-likeness (QED) is 0.442. The van der Waals surface area contributed by atoms with E-state index >= 15 is 0 Å². The second-order valence-electron chi connectivity index (χ2n) is 6.53. The van der Waals surface area contributed by atoms with Gasteiger partial charge in [-0.25, -0.2) is 0 Å². The van der Waals surface area contributed by atoms with E-state index in [0.29, 0.717) is 19.6 Å². The van der Waals surface area contributed by atoms with Gasteiger partial charge in [0.05, 0.1) is 12.6 Å². The van der Waals surface area contributed by atoms with Crippen molar-refractivity contribution in [1.29, 1.82) is 0 Å². The minimum Gasteiger partial charge on any atom is -0.462 e. The van der Waals surface area contributed by atoms with Gasteiger partial charge in [-0.05, 0) is 25.8 Å². The summed E-state index contributed by atoms with van der Waals surface area (Å²) in [6.07, 6.45) is 3.96. The van der Waals surface area contributed by atoms with Gasteiger partial charge in [-0.3, -0.25) is 4.79 Å². The van der Waals surface area contributed by atoms with Gasteiger partial charge in [0, 0.05) is 13.5 Å². The molecule has 1 N–H and O–H groups in total. The molecule has 6 nitrogen and oxygen atoms in total. The SMILES string of the molecule is CC(=O)OC/C=C/C[C@@H]([C@H]1COC(C)(C)O1)N(O)Cc1ccccc1. The monoisotopic (exact) mass is 349 g/mol. The zero-order valence-corrected chi connectivity index (χ0v) is 15.1. The van der Waals surface area contributed by atoms with Crippen molar-refractivity contribution < 1.29 is 24.2 Å². The van der Waals surface area contributed by atoms with Crippen molar-refractivity contribution in [3.8, 4) is 0 Å². The molecule has 1 aromatic carbocycles. The van der Waals surface area contributed by atoms with Gasteiger partial charge in [-0.2, -0.15) is 5.06 Å². The number of carbonyl (C=O) groups is 1. The largest absolute Gasteiger partial charge is 0.462 e. The number of hydrogen-bond donors (Lipinski definition) is 1. The lowest BCUT2D eigenvalue weighted by molar-refractivity contribution is -0.188. The van der Waals surface area contributed by atoms with E-state index < -0.39 is 5.79 Å². The van der Waals surface area contributed by atoms with Crippen molar-refractivity contribution in [3.63, 3.8) is 0 Å². The number of carbonyl (C=O) groups excluding carboxylic acids is 1. The topological polar surface area (TPSA) is 68.2 Å². The fraction of sp³-hybridized carbons (Fsp3) is 0.526. The van der Waals surface area contributed by atoms with Crippen LogP contribution in [-0.2, 0) is 25.5 Å². The summed E-state index contributed by atoms with van der Waals surface area (Å²) in [5.74, 6) is -0.971. The van der Waals surface area contributed by atoms with E-state index in [1.165, 1.54) is 12.0 Å². The van der Waals surface area contributed by atoms with Crippen LogP contribution in [0.1, 0.15) is 32.8 Å². The molecule has 1 aliphatic rings. The minimum absolute atomic E-state index is 0.222. The van der Waals surface area contributed by atoms with E-state index in [9.17, 15) is 10.0 Å². The maximum atomic E-state index is 10.8. The van der Waals surface area contributed by atoms with Crippen molar-refractivity contribution in [2.45, 2.75) is 51.7 Å². The smallest absolute Gasteiger partial charge is 0.302 e. The molecule has 1 fully saturated rings. The summed E-state index contributed by atoms with van der Waals surface area (Å²) in [6.45, 7) is 6.13. The van der Waals surface area contributed by atoms with Crippen LogP contribution in [0.3, 0.4) is 0 Å². The lowest BCUT2D eigenvalue weighted by Gasteiger charge is -2.30. The normalized spacial score (nSPS) is 20.9. The standard InChI is InChI=1S/C19H27NO5/c1-15(21)23-12-8-7-11-17(18-14-24-19(2,3)25-18)20(22)13-16-9-5-4-6-10-16/h4-10,17-18,22H,11-14H2,1-3H3/b8-7+/t17-,18+/m0/s1. The molecule has 0 unspecified atom stereocenters. The van der Waals surface area contributed by atoms with Crippen LogP contribution >= 0.6 is 0 Å². The second kappa shape index (κ2) is 9.10. The predicted octanol–water partition coefficient (Wildman–Crippen LogP) is 2.91. The zero-order valence-electron chi connectivity index (χ0n) is 15.1. The van der Waals surface area contributed by atoms with Crippen molar-refractivity contribution in [3.05, 3.63) is 48.0 Å². The van der Waals surface area contributed by atoms with Gasteiger partial charge in [-0.15, -0.1) is 0 Å². The lowest BCUT2D eigenvalue weighted by atomic mass is 10.1. The summed E-state index contributed by atoms with van der Waals surface area (Å²) in [6, 6.07) is 9.48. The van der Waals surface area contributed by atoms with Crippen LogP contribution in [0.2, 0.25) is 0 Å². The average molecular weight is 349 g/mol. The highest BCUT2D eigenvalue weighted by Crippen LogP contribution is 2.27. The minimum atomic E-state index is -0.655. The van der Waals surface area contributed by atoms with Crippen LogP contribution in [0.5, 0.6) is 0 Å². The summed E-state index contributed by atoms with van der Waals surface area (Å²) in [4.78, 5) is 10.8. The average Bonchev–Trinajstić information content (AvgIpc) is 2.91. The van der Waals surface area contributed by atoms with Crippen LogP contribution in [0.15, 0.2) is 42.5 Å². The summed E-state index contributed by atoms with van der Waals surface area (Å²) in [5.41, 5.74) is 1.01. The predicted molar refractivity (Wildman–Crippen MR) is 92.9 cm³/mol.